The Balaban J connectivity index is 0.934. The molecule has 2 aliphatic heterocycles. The number of anilines is 1. The normalized spacial score (nSPS) is 37.9. The summed E-state index contributed by atoms with van der Waals surface area (Å²) in [6.07, 6.45) is 18.5. The molecule has 4 bridgehead atoms. The minimum atomic E-state index is -0.240. The Morgan fingerprint density at radius 3 is 1.80 bits per heavy atom. The van der Waals surface area contributed by atoms with Gasteiger partial charge in [-0.15, -0.1) is 13.2 Å². The monoisotopic (exact) mass is 586 g/mol. The number of carbonyl (C=O) groups is 4. The number of hydrogen-bond acceptors (Lipinski definition) is 4. The van der Waals surface area contributed by atoms with Gasteiger partial charge in [-0.1, -0.05) is 66.7 Å². The molecule has 1 aromatic rings. The van der Waals surface area contributed by atoms with Crippen LogP contribution in [0.4, 0.5) is 5.69 Å². The molecule has 2 saturated heterocycles. The third kappa shape index (κ3) is 3.79. The van der Waals surface area contributed by atoms with Gasteiger partial charge >= 0.3 is 0 Å². The van der Waals surface area contributed by atoms with Crippen LogP contribution < -0.4 is 4.90 Å². The van der Waals surface area contributed by atoms with Gasteiger partial charge in [0.05, 0.1) is 29.4 Å². The summed E-state index contributed by atoms with van der Waals surface area (Å²) in [7, 11) is 0. The van der Waals surface area contributed by atoms with Crippen molar-refractivity contribution in [3.05, 3.63) is 102 Å². The molecule has 0 aromatic heterocycles. The predicted octanol–water partition coefficient (Wildman–Crippen LogP) is 5.95. The van der Waals surface area contributed by atoms with Crippen molar-refractivity contribution in [2.75, 3.05) is 4.90 Å². The van der Waals surface area contributed by atoms with Crippen LogP contribution >= 0.6 is 0 Å². The number of rotatable bonds is 8. The molecule has 224 valence electrons. The lowest BCUT2D eigenvalue weighted by molar-refractivity contribution is -0.138. The van der Waals surface area contributed by atoms with Gasteiger partial charge in [0.1, 0.15) is 0 Å². The molecular weight excluding hydrogens is 548 g/mol. The second-order valence-corrected chi connectivity index (χ2v) is 14.0. The van der Waals surface area contributed by atoms with E-state index in [1.165, 1.54) is 20.9 Å². The highest BCUT2D eigenvalue weighted by Crippen LogP contribution is 2.58. The number of fused-ring (bicyclic) bond motifs is 10. The molecule has 0 N–H and O–H groups in total. The summed E-state index contributed by atoms with van der Waals surface area (Å²) in [5, 5.41) is 0. The molecular formula is C38H38N2O4. The van der Waals surface area contributed by atoms with Gasteiger partial charge in [0.15, 0.2) is 0 Å². The Kier molecular flexibility index (Phi) is 6.23. The van der Waals surface area contributed by atoms with E-state index in [4.69, 9.17) is 0 Å². The van der Waals surface area contributed by atoms with Crippen LogP contribution in [-0.4, -0.2) is 28.5 Å². The fourth-order valence-corrected chi connectivity index (χ4v) is 9.83. The van der Waals surface area contributed by atoms with Gasteiger partial charge in [-0.05, 0) is 91.4 Å². The van der Waals surface area contributed by atoms with Crippen molar-refractivity contribution in [1.29, 1.82) is 0 Å². The number of imide groups is 2. The Bertz CT molecular complexity index is 1640. The minimum Gasteiger partial charge on any atom is -0.274 e. The first-order chi connectivity index (χ1) is 21.3. The van der Waals surface area contributed by atoms with E-state index >= 15 is 0 Å². The van der Waals surface area contributed by atoms with Gasteiger partial charge in [-0.25, -0.2) is 0 Å². The highest BCUT2D eigenvalue weighted by atomic mass is 16.2. The number of carbonyl (C=O) groups excluding carboxylic acids is 4. The van der Waals surface area contributed by atoms with Gasteiger partial charge in [0.2, 0.25) is 23.6 Å². The van der Waals surface area contributed by atoms with Crippen molar-refractivity contribution in [3.63, 3.8) is 0 Å². The highest BCUT2D eigenvalue weighted by Gasteiger charge is 2.62. The molecule has 5 aliphatic carbocycles. The van der Waals surface area contributed by atoms with Crippen LogP contribution in [0.2, 0.25) is 0 Å². The van der Waals surface area contributed by atoms with Crippen molar-refractivity contribution >= 4 is 29.3 Å². The first-order valence-corrected chi connectivity index (χ1v) is 16.2. The summed E-state index contributed by atoms with van der Waals surface area (Å²) < 4.78 is 0. The fourth-order valence-electron chi connectivity index (χ4n) is 9.83. The quantitative estimate of drug-likeness (QED) is 0.279. The largest absolute Gasteiger partial charge is 0.274 e. The molecule has 2 heterocycles. The Morgan fingerprint density at radius 2 is 1.25 bits per heavy atom. The van der Waals surface area contributed by atoms with Crippen LogP contribution in [0.15, 0.2) is 96.8 Å². The van der Waals surface area contributed by atoms with Gasteiger partial charge < -0.3 is 0 Å². The number of hydrogen-bond donors (Lipinski definition) is 0. The summed E-state index contributed by atoms with van der Waals surface area (Å²) in [6.45, 7) is 9.84. The first-order valence-electron chi connectivity index (χ1n) is 16.2. The topological polar surface area (TPSA) is 74.8 Å². The third-order valence-corrected chi connectivity index (χ3v) is 11.8. The van der Waals surface area contributed by atoms with Gasteiger partial charge in [0.25, 0.3) is 0 Å². The van der Waals surface area contributed by atoms with Gasteiger partial charge in [0, 0.05) is 5.70 Å². The summed E-state index contributed by atoms with van der Waals surface area (Å²) in [4.78, 5) is 56.8. The molecule has 4 amide bonds. The maximum absolute atomic E-state index is 13.6. The number of allylic oxidation sites excluding steroid dienone is 9. The van der Waals surface area contributed by atoms with Crippen LogP contribution in [-0.2, 0) is 25.6 Å². The zero-order chi connectivity index (χ0) is 30.4. The van der Waals surface area contributed by atoms with Crippen molar-refractivity contribution < 1.29 is 19.2 Å². The zero-order valence-corrected chi connectivity index (χ0v) is 25.1. The van der Waals surface area contributed by atoms with E-state index in [-0.39, 0.29) is 82.8 Å². The lowest BCUT2D eigenvalue weighted by Crippen LogP contribution is -2.33. The summed E-state index contributed by atoms with van der Waals surface area (Å²) in [6, 6.07) is 7.82. The van der Waals surface area contributed by atoms with E-state index in [1.54, 1.807) is 0 Å². The molecule has 0 radical (unpaired) electrons. The van der Waals surface area contributed by atoms with Crippen molar-refractivity contribution in [3.8, 4) is 0 Å². The standard InChI is InChI=1S/C38H38N2O4/c1-4-6-23-16-25-18-29(23)33-31(25)35(41)39(37(33)43)27-11-8-21(9-12-27)15-22-10-13-28(14-20(22)3)40-36(42)32-26-17-24(7-5-2)30(19-26)34(32)38(40)44/h4-5,8-14,16-17,20,22,25-26,29-34H,1-2,6-7,15,18-19H2,3H3. The molecule has 10 atom stereocenters. The molecule has 8 rings (SSSR count). The molecule has 44 heavy (non-hydrogen) atoms. The fraction of sp³-hybridized carbons (Fsp3) is 0.421. The SMILES string of the molecule is C=CCC1=CC2CC1C1C(=O)N(C3=CC(C)C(Cc4ccc(N5C(=O)C6C7C=C(CC=C)C(C7)C6C5=O)cc4)C=C3)C(=O)C21. The molecule has 0 spiro atoms. The molecule has 10 unspecified atom stereocenters. The van der Waals surface area contributed by atoms with E-state index in [0.717, 1.165) is 37.7 Å². The maximum Gasteiger partial charge on any atom is 0.238 e. The molecule has 1 aromatic carbocycles. The van der Waals surface area contributed by atoms with Crippen molar-refractivity contribution in [2.45, 2.75) is 39.0 Å². The number of benzene rings is 1. The van der Waals surface area contributed by atoms with Crippen molar-refractivity contribution in [1.82, 2.24) is 4.90 Å². The molecule has 7 aliphatic rings. The van der Waals surface area contributed by atoms with E-state index in [2.05, 4.69) is 44.4 Å². The minimum absolute atomic E-state index is 0.0461. The van der Waals surface area contributed by atoms with Crippen molar-refractivity contribution in [2.24, 2.45) is 59.2 Å². The zero-order valence-electron chi connectivity index (χ0n) is 25.1. The summed E-state index contributed by atoms with van der Waals surface area (Å²) >= 11 is 0. The molecule has 6 heteroatoms. The average Bonchev–Trinajstić information content (AvgIpc) is 3.84. The van der Waals surface area contributed by atoms with Crippen LogP contribution in [0.5, 0.6) is 0 Å². The smallest absolute Gasteiger partial charge is 0.238 e. The second-order valence-electron chi connectivity index (χ2n) is 14.0. The van der Waals surface area contributed by atoms with E-state index in [9.17, 15) is 19.2 Å². The van der Waals surface area contributed by atoms with Crippen LogP contribution in [0, 0.1) is 59.2 Å². The molecule has 4 fully saturated rings. The number of nitrogens with zero attached hydrogens (tertiary/aromatic N) is 2. The average molecular weight is 587 g/mol. The van der Waals surface area contributed by atoms with Gasteiger partial charge in [-0.2, -0.15) is 0 Å². The number of likely N-dealkylation sites (tertiary alicyclic amines) is 1. The van der Waals surface area contributed by atoms with E-state index in [1.807, 2.05) is 42.5 Å². The maximum atomic E-state index is 13.6. The van der Waals surface area contributed by atoms with E-state index < -0.39 is 0 Å². The van der Waals surface area contributed by atoms with Crippen LogP contribution in [0.3, 0.4) is 0 Å². The summed E-state index contributed by atoms with van der Waals surface area (Å²) in [5.74, 6) is -0.167. The van der Waals surface area contributed by atoms with Crippen LogP contribution in [0.25, 0.3) is 0 Å². The second kappa shape index (κ2) is 9.98. The first kappa shape index (κ1) is 27.5. The predicted molar refractivity (Wildman–Crippen MR) is 167 cm³/mol. The Labute approximate surface area is 258 Å². The molecule has 6 nitrogen and oxygen atoms in total. The third-order valence-electron chi connectivity index (χ3n) is 11.8. The highest BCUT2D eigenvalue weighted by molar-refractivity contribution is 6.22. The number of amides is 4. The summed E-state index contributed by atoms with van der Waals surface area (Å²) in [5.41, 5.74) is 4.99. The Hall–Kier alpha value is -4.06. The molecule has 2 saturated carbocycles. The van der Waals surface area contributed by atoms with Crippen LogP contribution in [0.1, 0.15) is 38.2 Å². The lowest BCUT2D eigenvalue weighted by atomic mass is 9.80. The van der Waals surface area contributed by atoms with Gasteiger partial charge in [-0.3, -0.25) is 29.0 Å². The Morgan fingerprint density at radius 1 is 0.727 bits per heavy atom. The van der Waals surface area contributed by atoms with E-state index in [0.29, 0.717) is 11.4 Å². The lowest BCUT2D eigenvalue weighted by Gasteiger charge is -2.27.